The van der Waals surface area contributed by atoms with E-state index in [1.54, 1.807) is 0 Å². The van der Waals surface area contributed by atoms with Crippen LogP contribution in [0.1, 0.15) is 55.8 Å². The fourth-order valence-electron chi connectivity index (χ4n) is 5.92. The summed E-state index contributed by atoms with van der Waals surface area (Å²) in [6, 6.07) is 20.1. The minimum atomic E-state index is -0.385. The predicted molar refractivity (Wildman–Crippen MR) is 120 cm³/mol. The summed E-state index contributed by atoms with van der Waals surface area (Å²) in [5.41, 5.74) is 3.73. The van der Waals surface area contributed by atoms with Gasteiger partial charge in [-0.05, 0) is 62.1 Å². The van der Waals surface area contributed by atoms with Crippen LogP contribution >= 0.6 is 0 Å². The molecule has 1 N–H and O–H groups in total. The number of hydrogen-bond acceptors (Lipinski definition) is 2. The number of hydrogen-bond donors (Lipinski definition) is 1. The van der Waals surface area contributed by atoms with Crippen LogP contribution in [0.2, 0.25) is 0 Å². The molecule has 2 fully saturated rings. The molecule has 3 atom stereocenters. The van der Waals surface area contributed by atoms with Crippen molar-refractivity contribution in [1.29, 1.82) is 0 Å². The van der Waals surface area contributed by atoms with Crippen molar-refractivity contribution in [3.63, 3.8) is 0 Å². The monoisotopic (exact) mass is 403 g/mol. The van der Waals surface area contributed by atoms with Crippen LogP contribution in [0.3, 0.4) is 0 Å². The summed E-state index contributed by atoms with van der Waals surface area (Å²) >= 11 is 0. The number of likely N-dealkylation sites (tertiary alicyclic amines) is 1. The van der Waals surface area contributed by atoms with Gasteiger partial charge in [0.25, 0.3) is 0 Å². The highest BCUT2D eigenvalue weighted by molar-refractivity contribution is 5.76. The molecule has 2 amide bonds. The van der Waals surface area contributed by atoms with Crippen LogP contribution < -0.4 is 5.32 Å². The number of carbonyl (C=O) groups excluding carboxylic acids is 1. The molecule has 0 aromatic heterocycles. The Morgan fingerprint density at radius 1 is 1.03 bits per heavy atom. The van der Waals surface area contributed by atoms with Crippen molar-refractivity contribution in [3.8, 4) is 0 Å². The van der Waals surface area contributed by atoms with Crippen molar-refractivity contribution in [3.05, 3.63) is 71.3 Å². The molecule has 5 rings (SSSR count). The number of carbonyl (C=O) groups is 1. The van der Waals surface area contributed by atoms with E-state index in [0.29, 0.717) is 18.0 Å². The molecule has 3 aliphatic heterocycles. The van der Waals surface area contributed by atoms with E-state index in [1.165, 1.54) is 17.5 Å². The Kier molecular flexibility index (Phi) is 5.06. The van der Waals surface area contributed by atoms with E-state index < -0.39 is 0 Å². The van der Waals surface area contributed by atoms with Gasteiger partial charge in [0.1, 0.15) is 0 Å². The van der Waals surface area contributed by atoms with Crippen LogP contribution in [0.25, 0.3) is 0 Å². The van der Waals surface area contributed by atoms with E-state index in [2.05, 4.69) is 65.4 Å². The number of nitrogens with zero attached hydrogens (tertiary/aromatic N) is 2. The predicted octanol–water partition coefficient (Wildman–Crippen LogP) is 4.72. The molecule has 2 aromatic rings. The molecule has 0 aliphatic carbocycles. The Morgan fingerprint density at radius 3 is 2.63 bits per heavy atom. The van der Waals surface area contributed by atoms with Crippen LogP contribution in [0, 0.1) is 5.92 Å². The Balaban J connectivity index is 1.36. The molecule has 0 saturated carbocycles. The minimum absolute atomic E-state index is 0.0936. The number of nitrogens with one attached hydrogen (secondary N) is 1. The van der Waals surface area contributed by atoms with E-state index >= 15 is 0 Å². The molecule has 3 aliphatic rings. The van der Waals surface area contributed by atoms with Gasteiger partial charge in [-0.1, -0.05) is 54.6 Å². The van der Waals surface area contributed by atoms with Crippen molar-refractivity contribution in [2.45, 2.75) is 57.2 Å². The minimum Gasteiger partial charge on any atom is -0.329 e. The first-order valence-corrected chi connectivity index (χ1v) is 11.5. The summed E-state index contributed by atoms with van der Waals surface area (Å²) in [5, 5.41) is 3.34. The third-order valence-electron chi connectivity index (χ3n) is 7.55. The first kappa shape index (κ1) is 19.6. The van der Waals surface area contributed by atoms with Gasteiger partial charge in [-0.15, -0.1) is 0 Å². The molecule has 0 spiro atoms. The molecule has 2 aromatic carbocycles. The van der Waals surface area contributed by atoms with Gasteiger partial charge in [0.15, 0.2) is 0 Å². The molecule has 4 nitrogen and oxygen atoms in total. The number of amides is 2. The molecule has 0 radical (unpaired) electrons. The molecule has 2 saturated heterocycles. The Labute approximate surface area is 180 Å². The first-order valence-electron chi connectivity index (χ1n) is 11.5. The first-order chi connectivity index (χ1) is 14.5. The van der Waals surface area contributed by atoms with Crippen LogP contribution in [0.4, 0.5) is 4.79 Å². The Morgan fingerprint density at radius 2 is 1.80 bits per heavy atom. The van der Waals surface area contributed by atoms with Crippen molar-refractivity contribution < 1.29 is 4.79 Å². The number of urea groups is 1. The smallest absolute Gasteiger partial charge is 0.318 e. The highest BCUT2D eigenvalue weighted by Gasteiger charge is 2.44. The van der Waals surface area contributed by atoms with Crippen molar-refractivity contribution in [2.24, 2.45) is 5.92 Å². The number of fused-ring (bicyclic) bond motifs is 4. The van der Waals surface area contributed by atoms with E-state index in [0.717, 1.165) is 44.5 Å². The lowest BCUT2D eigenvalue weighted by Gasteiger charge is -2.52. The maximum Gasteiger partial charge on any atom is 0.318 e. The van der Waals surface area contributed by atoms with Crippen LogP contribution in [-0.4, -0.2) is 41.5 Å². The second-order valence-corrected chi connectivity index (χ2v) is 9.78. The zero-order valence-corrected chi connectivity index (χ0v) is 18.2. The summed E-state index contributed by atoms with van der Waals surface area (Å²) in [4.78, 5) is 18.3. The van der Waals surface area contributed by atoms with Gasteiger partial charge in [-0.3, -0.25) is 4.90 Å². The fourth-order valence-corrected chi connectivity index (χ4v) is 5.92. The summed E-state index contributed by atoms with van der Waals surface area (Å²) in [6.07, 6.45) is 4.55. The zero-order valence-electron chi connectivity index (χ0n) is 18.2. The van der Waals surface area contributed by atoms with Gasteiger partial charge < -0.3 is 10.2 Å². The molecule has 158 valence electrons. The molecule has 30 heavy (non-hydrogen) atoms. The molecule has 0 unspecified atom stereocenters. The number of piperidine rings is 2. The van der Waals surface area contributed by atoms with Crippen LogP contribution in [-0.2, 0) is 12.0 Å². The average molecular weight is 404 g/mol. The lowest BCUT2D eigenvalue weighted by molar-refractivity contribution is 0.00450. The summed E-state index contributed by atoms with van der Waals surface area (Å²) in [5.74, 6) is 0.589. The van der Waals surface area contributed by atoms with E-state index in [9.17, 15) is 4.79 Å². The van der Waals surface area contributed by atoms with Gasteiger partial charge >= 0.3 is 6.03 Å². The van der Waals surface area contributed by atoms with Crippen LogP contribution in [0.15, 0.2) is 54.6 Å². The second kappa shape index (κ2) is 7.73. The standard InChI is InChI=1S/C26H33N3O/c1-26(2,21-11-4-3-5-12-21)27-25(30)29-15-8-10-20-18-28-16-14-19-9-6-7-13-22(19)24(28)17-23(20)29/h3-7,9,11-13,20,23-24H,8,10,14-18H2,1-2H3,(H,27,30)/t20-,23+,24-/m1/s1. The highest BCUT2D eigenvalue weighted by atomic mass is 16.2. The van der Waals surface area contributed by atoms with E-state index in [-0.39, 0.29) is 11.6 Å². The molecule has 0 bridgehead atoms. The molecule has 4 heteroatoms. The Bertz CT molecular complexity index is 910. The fraction of sp³-hybridized carbons (Fsp3) is 0.500. The topological polar surface area (TPSA) is 35.6 Å². The molecular formula is C26H33N3O. The van der Waals surface area contributed by atoms with Crippen molar-refractivity contribution in [1.82, 2.24) is 15.1 Å². The summed E-state index contributed by atoms with van der Waals surface area (Å²) < 4.78 is 0. The van der Waals surface area contributed by atoms with E-state index in [4.69, 9.17) is 0 Å². The van der Waals surface area contributed by atoms with Crippen LogP contribution in [0.5, 0.6) is 0 Å². The van der Waals surface area contributed by atoms with Gasteiger partial charge in [0.2, 0.25) is 0 Å². The SMILES string of the molecule is CC(C)(NC(=O)N1CCC[C@@H]2CN3CCc4ccccc4[C@H]3C[C@@H]21)c1ccccc1. The zero-order chi connectivity index (χ0) is 20.7. The number of benzene rings is 2. The molecule has 3 heterocycles. The highest BCUT2D eigenvalue weighted by Crippen LogP contribution is 2.42. The number of rotatable bonds is 2. The van der Waals surface area contributed by atoms with Gasteiger partial charge in [0.05, 0.1) is 5.54 Å². The van der Waals surface area contributed by atoms with Gasteiger partial charge in [-0.2, -0.15) is 0 Å². The van der Waals surface area contributed by atoms with Crippen molar-refractivity contribution >= 4 is 6.03 Å². The third-order valence-corrected chi connectivity index (χ3v) is 7.55. The van der Waals surface area contributed by atoms with E-state index in [1.807, 2.05) is 18.2 Å². The second-order valence-electron chi connectivity index (χ2n) is 9.78. The largest absolute Gasteiger partial charge is 0.329 e. The third kappa shape index (κ3) is 3.51. The lowest BCUT2D eigenvalue weighted by atomic mass is 9.76. The van der Waals surface area contributed by atoms with Gasteiger partial charge in [-0.25, -0.2) is 4.79 Å². The normalized spacial score (nSPS) is 26.3. The average Bonchev–Trinajstić information content (AvgIpc) is 2.77. The quantitative estimate of drug-likeness (QED) is 0.788. The summed E-state index contributed by atoms with van der Waals surface area (Å²) in [6.45, 7) is 7.34. The van der Waals surface area contributed by atoms with Gasteiger partial charge in [0, 0.05) is 31.7 Å². The lowest BCUT2D eigenvalue weighted by Crippen LogP contribution is -2.60. The molecular weight excluding hydrogens is 370 g/mol. The summed E-state index contributed by atoms with van der Waals surface area (Å²) in [7, 11) is 0. The Hall–Kier alpha value is -2.33. The van der Waals surface area contributed by atoms with Crippen molar-refractivity contribution in [2.75, 3.05) is 19.6 Å². The maximum atomic E-state index is 13.4. The maximum absolute atomic E-state index is 13.4.